The molecule has 5 nitrogen and oxygen atoms in total. The number of imidazole rings is 1. The van der Waals surface area contributed by atoms with Crippen molar-refractivity contribution in [1.82, 2.24) is 24.3 Å². The Balaban J connectivity index is 1.50. The number of hydrogen-bond donors (Lipinski definition) is 0. The zero-order valence-corrected chi connectivity index (χ0v) is 14.4. The topological polar surface area (TPSA) is 56.0 Å². The molecule has 5 aromatic heterocycles. The molecule has 5 aromatic rings. The Labute approximate surface area is 150 Å². The summed E-state index contributed by atoms with van der Waals surface area (Å²) in [4.78, 5) is 18.4. The lowest BCUT2D eigenvalue weighted by molar-refractivity contribution is 0.884. The van der Waals surface area contributed by atoms with E-state index in [2.05, 4.69) is 39.6 Å². The van der Waals surface area contributed by atoms with Crippen molar-refractivity contribution in [3.8, 4) is 0 Å². The average molecular weight is 339 g/mol. The highest BCUT2D eigenvalue weighted by Gasteiger charge is 2.11. The molecule has 0 saturated heterocycles. The maximum Gasteiger partial charge on any atom is 0.146 e. The van der Waals surface area contributed by atoms with E-state index >= 15 is 0 Å². The summed E-state index contributed by atoms with van der Waals surface area (Å²) in [6.07, 6.45) is 7.37. The highest BCUT2D eigenvalue weighted by Crippen LogP contribution is 2.21. The highest BCUT2D eigenvalue weighted by atomic mass is 15.0. The van der Waals surface area contributed by atoms with Gasteiger partial charge in [-0.2, -0.15) is 0 Å². The first-order valence-electron chi connectivity index (χ1n) is 8.71. The Morgan fingerprint density at radius 2 is 1.65 bits per heavy atom. The number of rotatable bonds is 3. The third-order valence-electron chi connectivity index (χ3n) is 4.84. The third kappa shape index (κ3) is 2.40. The van der Waals surface area contributed by atoms with Gasteiger partial charge in [-0.15, -0.1) is 0 Å². The maximum absolute atomic E-state index is 4.90. The molecule has 0 aliphatic rings. The largest absolute Gasteiger partial charge is 0.303 e. The second-order valence-corrected chi connectivity index (χ2v) is 6.43. The Kier molecular flexibility index (Phi) is 3.38. The second kappa shape index (κ2) is 5.88. The lowest BCUT2D eigenvalue weighted by Crippen LogP contribution is -1.97. The Hall–Kier alpha value is -3.34. The van der Waals surface area contributed by atoms with E-state index in [1.54, 1.807) is 6.20 Å². The first kappa shape index (κ1) is 15.0. The molecule has 0 fully saturated rings. The van der Waals surface area contributed by atoms with Crippen molar-refractivity contribution in [2.24, 2.45) is 0 Å². The molecule has 26 heavy (non-hydrogen) atoms. The molecule has 0 bridgehead atoms. The zero-order chi connectivity index (χ0) is 17.5. The smallest absolute Gasteiger partial charge is 0.146 e. The summed E-state index contributed by atoms with van der Waals surface area (Å²) in [6, 6.07) is 14.1. The van der Waals surface area contributed by atoms with E-state index in [1.165, 1.54) is 5.69 Å². The van der Waals surface area contributed by atoms with Crippen LogP contribution in [0, 0.1) is 6.92 Å². The number of hydrogen-bond acceptors (Lipinski definition) is 4. The first-order valence-corrected chi connectivity index (χ1v) is 8.71. The van der Waals surface area contributed by atoms with Gasteiger partial charge in [0.2, 0.25) is 0 Å². The van der Waals surface area contributed by atoms with Crippen LogP contribution in [-0.4, -0.2) is 24.3 Å². The van der Waals surface area contributed by atoms with Crippen molar-refractivity contribution >= 4 is 27.6 Å². The normalized spacial score (nSPS) is 11.6. The van der Waals surface area contributed by atoms with E-state index < -0.39 is 0 Å². The molecule has 0 amide bonds. The summed E-state index contributed by atoms with van der Waals surface area (Å²) < 4.78 is 2.15. The van der Waals surface area contributed by atoms with E-state index in [4.69, 9.17) is 9.97 Å². The Morgan fingerprint density at radius 3 is 2.58 bits per heavy atom. The van der Waals surface area contributed by atoms with Crippen molar-refractivity contribution in [2.75, 3.05) is 0 Å². The molecular weight excluding hydrogens is 322 g/mol. The average Bonchev–Trinajstić information content (AvgIpc) is 3.02. The zero-order valence-electron chi connectivity index (χ0n) is 14.4. The number of fused-ring (bicyclic) bond motifs is 4. The molecule has 0 aromatic carbocycles. The van der Waals surface area contributed by atoms with E-state index in [0.29, 0.717) is 0 Å². The van der Waals surface area contributed by atoms with Crippen molar-refractivity contribution < 1.29 is 0 Å². The quantitative estimate of drug-likeness (QED) is 0.500. The molecule has 0 spiro atoms. The summed E-state index contributed by atoms with van der Waals surface area (Å²) >= 11 is 0. The molecule has 126 valence electrons. The summed E-state index contributed by atoms with van der Waals surface area (Å²) in [5.74, 6) is 0. The van der Waals surface area contributed by atoms with Gasteiger partial charge in [-0.3, -0.25) is 15.0 Å². The van der Waals surface area contributed by atoms with Crippen LogP contribution in [0.25, 0.3) is 27.6 Å². The van der Waals surface area contributed by atoms with Crippen LogP contribution < -0.4 is 0 Å². The van der Waals surface area contributed by atoms with Crippen molar-refractivity contribution in [1.29, 1.82) is 0 Å². The molecule has 5 heteroatoms. The number of aromatic nitrogens is 5. The number of nitrogens with zero attached hydrogens (tertiary/aromatic N) is 5. The summed E-state index contributed by atoms with van der Waals surface area (Å²) in [6.45, 7) is 2.12. The SMILES string of the molecule is Cc1c(CCc2ccc3ncccc3n2)nc2c3cccnc3ccn12. The molecule has 0 atom stereocenters. The number of aryl methyl sites for hydroxylation is 3. The fourth-order valence-electron chi connectivity index (χ4n) is 3.44. The minimum Gasteiger partial charge on any atom is -0.303 e. The molecule has 5 heterocycles. The van der Waals surface area contributed by atoms with Crippen molar-refractivity contribution in [2.45, 2.75) is 19.8 Å². The van der Waals surface area contributed by atoms with E-state index in [0.717, 1.165) is 51.8 Å². The molecule has 0 radical (unpaired) electrons. The first-order chi connectivity index (χ1) is 12.8. The van der Waals surface area contributed by atoms with Gasteiger partial charge >= 0.3 is 0 Å². The summed E-state index contributed by atoms with van der Waals surface area (Å²) in [5.41, 5.74) is 7.16. The molecule has 5 rings (SSSR count). The van der Waals surface area contributed by atoms with Gasteiger partial charge in [0, 0.05) is 35.4 Å². The van der Waals surface area contributed by atoms with Crippen molar-refractivity contribution in [3.05, 3.63) is 78.1 Å². The minimum absolute atomic E-state index is 0.853. The Bertz CT molecular complexity index is 1260. The predicted molar refractivity (Wildman–Crippen MR) is 102 cm³/mol. The molecule has 0 aliphatic heterocycles. The van der Waals surface area contributed by atoms with Gasteiger partial charge in [-0.1, -0.05) is 0 Å². The van der Waals surface area contributed by atoms with E-state index in [-0.39, 0.29) is 0 Å². The van der Waals surface area contributed by atoms with Gasteiger partial charge in [0.05, 0.1) is 22.2 Å². The van der Waals surface area contributed by atoms with Gasteiger partial charge in [0.15, 0.2) is 0 Å². The van der Waals surface area contributed by atoms with Gasteiger partial charge in [0.1, 0.15) is 5.65 Å². The van der Waals surface area contributed by atoms with Gasteiger partial charge < -0.3 is 4.40 Å². The molecule has 0 N–H and O–H groups in total. The summed E-state index contributed by atoms with van der Waals surface area (Å²) in [5, 5.41) is 1.08. The van der Waals surface area contributed by atoms with Crippen LogP contribution in [0.3, 0.4) is 0 Å². The Morgan fingerprint density at radius 1 is 0.808 bits per heavy atom. The lowest BCUT2D eigenvalue weighted by Gasteiger charge is -2.02. The monoisotopic (exact) mass is 339 g/mol. The van der Waals surface area contributed by atoms with Crippen LogP contribution in [0.1, 0.15) is 17.1 Å². The maximum atomic E-state index is 4.90. The minimum atomic E-state index is 0.853. The molecular formula is C21H17N5. The van der Waals surface area contributed by atoms with Crippen molar-refractivity contribution in [3.63, 3.8) is 0 Å². The van der Waals surface area contributed by atoms with Gasteiger partial charge in [0.25, 0.3) is 0 Å². The second-order valence-electron chi connectivity index (χ2n) is 6.43. The van der Waals surface area contributed by atoms with Crippen LogP contribution in [0.5, 0.6) is 0 Å². The predicted octanol–water partition coefficient (Wildman–Crippen LogP) is 3.92. The molecule has 0 aliphatic carbocycles. The highest BCUT2D eigenvalue weighted by molar-refractivity contribution is 5.91. The number of pyridine rings is 4. The summed E-state index contributed by atoms with van der Waals surface area (Å²) in [7, 11) is 0. The van der Waals surface area contributed by atoms with E-state index in [9.17, 15) is 0 Å². The third-order valence-corrected chi connectivity index (χ3v) is 4.84. The van der Waals surface area contributed by atoms with Gasteiger partial charge in [-0.25, -0.2) is 4.98 Å². The van der Waals surface area contributed by atoms with Crippen LogP contribution in [0.15, 0.2) is 61.1 Å². The molecule has 0 saturated carbocycles. The van der Waals surface area contributed by atoms with Gasteiger partial charge in [-0.05, 0) is 62.2 Å². The van der Waals surface area contributed by atoms with Crippen LogP contribution in [0.4, 0.5) is 0 Å². The van der Waals surface area contributed by atoms with Crippen LogP contribution in [0.2, 0.25) is 0 Å². The van der Waals surface area contributed by atoms with E-state index in [1.807, 2.05) is 36.5 Å². The molecule has 0 unspecified atom stereocenters. The van der Waals surface area contributed by atoms with Crippen LogP contribution in [-0.2, 0) is 12.8 Å². The fraction of sp³-hybridized carbons (Fsp3) is 0.143. The fourth-order valence-corrected chi connectivity index (χ4v) is 3.44. The lowest BCUT2D eigenvalue weighted by atomic mass is 10.1. The van der Waals surface area contributed by atoms with Crippen LogP contribution >= 0.6 is 0 Å². The standard InChI is InChI=1S/C21H17N5/c1-14-17(8-6-15-7-9-19-20(24-15)5-3-12-23-19)25-21-16-4-2-11-22-18(16)10-13-26(14)21/h2-5,7,9-13H,6,8H2,1H3.